The first-order valence-electron chi connectivity index (χ1n) is 23.7. The summed E-state index contributed by atoms with van der Waals surface area (Å²) in [5.74, 6) is -0.0437. The number of nitrogens with one attached hydrogen (secondary N) is 3. The molecule has 18 nitrogen and oxygen atoms in total. The number of sulfonamides is 1. The molecular formula is C49H60ClN11O7S. The monoisotopic (exact) mass is 981 g/mol. The number of imide groups is 2. The molecule has 9 rings (SSSR count). The Bertz CT molecular complexity index is 2740. The molecule has 6 heterocycles. The summed E-state index contributed by atoms with van der Waals surface area (Å²) in [5, 5.41) is 9.01. The number of hydrogen-bond acceptors (Lipinski definition) is 15. The van der Waals surface area contributed by atoms with E-state index in [9.17, 15) is 27.6 Å². The van der Waals surface area contributed by atoms with Crippen LogP contribution in [0, 0.1) is 12.8 Å². The topological polar surface area (TPSA) is 193 Å². The van der Waals surface area contributed by atoms with E-state index in [1.54, 1.807) is 43.5 Å². The lowest BCUT2D eigenvalue weighted by Gasteiger charge is -2.44. The van der Waals surface area contributed by atoms with Crippen molar-refractivity contribution in [2.24, 2.45) is 5.92 Å². The van der Waals surface area contributed by atoms with E-state index in [2.05, 4.69) is 58.5 Å². The predicted octanol–water partition coefficient (Wildman–Crippen LogP) is 5.62. The van der Waals surface area contributed by atoms with Crippen LogP contribution in [0.15, 0.2) is 60.8 Å². The molecule has 4 aromatic rings. The fraction of sp³-hybridized carbons (Fsp3) is 0.469. The van der Waals surface area contributed by atoms with E-state index in [1.807, 2.05) is 12.1 Å². The van der Waals surface area contributed by atoms with E-state index in [0.29, 0.717) is 57.7 Å². The molecule has 5 aliphatic rings. The van der Waals surface area contributed by atoms with Gasteiger partial charge in [0.25, 0.3) is 11.8 Å². The Balaban J connectivity index is 0.722. The normalized spacial score (nSPS) is 20.0. The molecular weight excluding hydrogens is 922 g/mol. The fourth-order valence-corrected chi connectivity index (χ4v) is 11.1. The third-order valence-corrected chi connectivity index (χ3v) is 16.0. The van der Waals surface area contributed by atoms with Gasteiger partial charge in [-0.1, -0.05) is 23.7 Å². The number of halogens is 1. The van der Waals surface area contributed by atoms with Gasteiger partial charge in [0.05, 0.1) is 47.8 Å². The van der Waals surface area contributed by atoms with Crippen molar-refractivity contribution in [1.29, 1.82) is 0 Å². The number of anilines is 7. The minimum atomic E-state index is -3.51. The second-order valence-electron chi connectivity index (χ2n) is 18.7. The Morgan fingerprint density at radius 2 is 1.55 bits per heavy atom. The van der Waals surface area contributed by atoms with Gasteiger partial charge in [0.2, 0.25) is 27.8 Å². The zero-order valence-electron chi connectivity index (χ0n) is 39.5. The summed E-state index contributed by atoms with van der Waals surface area (Å²) in [4.78, 5) is 70.8. The number of aryl methyl sites for hydroxylation is 1. The summed E-state index contributed by atoms with van der Waals surface area (Å²) in [6, 6.07) is 16.1. The lowest BCUT2D eigenvalue weighted by Crippen LogP contribution is -2.54. The van der Waals surface area contributed by atoms with Crippen LogP contribution in [0.4, 0.5) is 40.2 Å². The van der Waals surface area contributed by atoms with Crippen molar-refractivity contribution < 1.29 is 32.3 Å². The molecule has 4 fully saturated rings. The number of methoxy groups -OCH3 is 1. The molecule has 1 unspecified atom stereocenters. The van der Waals surface area contributed by atoms with Crippen molar-refractivity contribution >= 4 is 85.5 Å². The number of amides is 4. The van der Waals surface area contributed by atoms with Crippen LogP contribution in [0.2, 0.25) is 5.02 Å². The second-order valence-corrected chi connectivity index (χ2v) is 21.1. The Labute approximate surface area is 408 Å². The Kier molecular flexibility index (Phi) is 14.0. The van der Waals surface area contributed by atoms with Crippen molar-refractivity contribution in [3.8, 4) is 5.75 Å². The fourth-order valence-electron chi connectivity index (χ4n) is 10.4. The number of benzene rings is 3. The highest BCUT2D eigenvalue weighted by Crippen LogP contribution is 2.38. The van der Waals surface area contributed by atoms with Crippen molar-refractivity contribution in [2.75, 3.05) is 104 Å². The van der Waals surface area contributed by atoms with Crippen LogP contribution < -0.4 is 34.8 Å². The van der Waals surface area contributed by atoms with Gasteiger partial charge >= 0.3 is 0 Å². The average Bonchev–Trinajstić information content (AvgIpc) is 3.59. The predicted molar refractivity (Wildman–Crippen MR) is 267 cm³/mol. The molecule has 0 aliphatic carbocycles. The molecule has 4 saturated heterocycles. The third-order valence-electron chi connectivity index (χ3n) is 14.5. The zero-order valence-corrected chi connectivity index (χ0v) is 41.1. The molecule has 0 bridgehead atoms. The summed E-state index contributed by atoms with van der Waals surface area (Å²) in [6.45, 7) is 11.2. The highest BCUT2D eigenvalue weighted by Gasteiger charge is 2.45. The number of hydrogen-bond donors (Lipinski definition) is 3. The Morgan fingerprint density at radius 1 is 0.841 bits per heavy atom. The molecule has 0 spiro atoms. The Hall–Kier alpha value is -6.02. The first-order chi connectivity index (χ1) is 33.1. The molecule has 0 radical (unpaired) electrons. The lowest BCUT2D eigenvalue weighted by molar-refractivity contribution is -0.136. The number of fused-ring (bicyclic) bond motifs is 1. The van der Waals surface area contributed by atoms with E-state index >= 15 is 0 Å². The van der Waals surface area contributed by atoms with Crippen LogP contribution in [0.1, 0.15) is 71.2 Å². The maximum absolute atomic E-state index is 13.4. The SMILES string of the molecule is COc1cc(N2CCC(N3CCN(CCC4CCN(c5ccc6c(c5)C(=O)N(C5CCC(=O)NC5=O)C6=O)CC4)CC3)CC2)c(C)cc1Nc1ncc(Cl)c(Nc2ccccc2N(C)S(C)(=O)=O)n1. The van der Waals surface area contributed by atoms with Gasteiger partial charge in [-0.2, -0.15) is 4.98 Å². The van der Waals surface area contributed by atoms with Crippen LogP contribution >= 0.6 is 11.6 Å². The average molecular weight is 983 g/mol. The first kappa shape index (κ1) is 48.0. The minimum absolute atomic E-state index is 0.0965. The summed E-state index contributed by atoms with van der Waals surface area (Å²) < 4.78 is 31.7. The van der Waals surface area contributed by atoms with Crippen LogP contribution in [-0.2, 0) is 19.6 Å². The van der Waals surface area contributed by atoms with Crippen molar-refractivity contribution in [1.82, 2.24) is 30.0 Å². The Morgan fingerprint density at radius 3 is 2.26 bits per heavy atom. The summed E-state index contributed by atoms with van der Waals surface area (Å²) >= 11 is 6.51. The van der Waals surface area contributed by atoms with E-state index in [1.165, 1.54) is 17.5 Å². The molecule has 1 aromatic heterocycles. The number of carbonyl (C=O) groups is 4. The quantitative estimate of drug-likeness (QED) is 0.132. The molecule has 3 N–H and O–H groups in total. The molecule has 366 valence electrons. The van der Waals surface area contributed by atoms with Gasteiger partial charge in [0, 0.05) is 89.3 Å². The number of aromatic nitrogens is 2. The van der Waals surface area contributed by atoms with Crippen LogP contribution in [0.3, 0.4) is 0 Å². The number of piperazine rings is 1. The molecule has 3 aromatic carbocycles. The lowest BCUT2D eigenvalue weighted by atomic mass is 9.92. The number of piperidine rings is 3. The first-order valence-corrected chi connectivity index (χ1v) is 26.0. The molecule has 5 aliphatic heterocycles. The molecule has 1 atom stereocenters. The molecule has 0 saturated carbocycles. The van der Waals surface area contributed by atoms with Gasteiger partial charge in [0.1, 0.15) is 16.8 Å². The van der Waals surface area contributed by atoms with E-state index < -0.39 is 33.8 Å². The minimum Gasteiger partial charge on any atom is -0.494 e. The van der Waals surface area contributed by atoms with Crippen molar-refractivity contribution in [3.05, 3.63) is 82.5 Å². The maximum atomic E-state index is 13.4. The van der Waals surface area contributed by atoms with Crippen LogP contribution in [-0.4, -0.2) is 148 Å². The molecule has 4 amide bonds. The van der Waals surface area contributed by atoms with Gasteiger partial charge in [-0.3, -0.25) is 38.6 Å². The number of carbonyl (C=O) groups excluding carboxylic acids is 4. The van der Waals surface area contributed by atoms with Crippen LogP contribution in [0.25, 0.3) is 0 Å². The number of rotatable bonds is 14. The van der Waals surface area contributed by atoms with Gasteiger partial charge in [-0.25, -0.2) is 13.4 Å². The highest BCUT2D eigenvalue weighted by atomic mass is 35.5. The standard InChI is InChI=1S/C49H60ClN11O7S/c1-31-27-39(53-49-51-30-37(50)45(55-49)52-38-7-5-6-8-40(38)56(2)69(4,66)67)43(68-3)29-42(31)60-21-16-33(17-22-60)59-25-23-57(24-26-59)18-13-32-14-19-58(20-15-32)34-9-10-35-36(28-34)48(65)61(47(35)64)41-11-12-44(62)54-46(41)63/h5-10,27-30,32-33,41H,11-26H2,1-4H3,(H,54,62,63)(H2,51,52,53,55). The summed E-state index contributed by atoms with van der Waals surface area (Å²) in [5.41, 5.74) is 5.45. The van der Waals surface area contributed by atoms with Gasteiger partial charge in [-0.05, 0) is 99.9 Å². The summed E-state index contributed by atoms with van der Waals surface area (Å²) in [7, 11) is -0.370. The van der Waals surface area contributed by atoms with Crippen molar-refractivity contribution in [3.63, 3.8) is 0 Å². The third kappa shape index (κ3) is 10.3. The molecule has 20 heteroatoms. The summed E-state index contributed by atoms with van der Waals surface area (Å²) in [6.07, 6.45) is 8.35. The highest BCUT2D eigenvalue weighted by molar-refractivity contribution is 7.92. The van der Waals surface area contributed by atoms with E-state index in [0.717, 1.165) is 119 Å². The second kappa shape index (κ2) is 20.1. The van der Waals surface area contributed by atoms with E-state index in [-0.39, 0.29) is 23.8 Å². The smallest absolute Gasteiger partial charge is 0.262 e. The van der Waals surface area contributed by atoms with E-state index in [4.69, 9.17) is 16.3 Å². The maximum Gasteiger partial charge on any atom is 0.262 e. The largest absolute Gasteiger partial charge is 0.494 e. The number of para-hydroxylation sites is 2. The van der Waals surface area contributed by atoms with Crippen molar-refractivity contribution in [2.45, 2.75) is 64.0 Å². The van der Waals surface area contributed by atoms with Gasteiger partial charge < -0.3 is 30.1 Å². The molecule has 69 heavy (non-hydrogen) atoms. The van der Waals surface area contributed by atoms with Gasteiger partial charge in [0.15, 0.2) is 5.82 Å². The number of ether oxygens (including phenoxy) is 1. The number of nitrogens with zero attached hydrogens (tertiary/aromatic N) is 8. The zero-order chi connectivity index (χ0) is 48.6. The van der Waals surface area contributed by atoms with Crippen LogP contribution in [0.5, 0.6) is 5.75 Å². The van der Waals surface area contributed by atoms with Gasteiger partial charge in [-0.15, -0.1) is 0 Å².